The van der Waals surface area contributed by atoms with Crippen molar-refractivity contribution < 1.29 is 4.74 Å². The summed E-state index contributed by atoms with van der Waals surface area (Å²) >= 11 is 0. The summed E-state index contributed by atoms with van der Waals surface area (Å²) in [4.78, 5) is 9.18. The van der Waals surface area contributed by atoms with Gasteiger partial charge in [-0.15, -0.1) is 24.0 Å². The van der Waals surface area contributed by atoms with Crippen molar-refractivity contribution in [3.8, 4) is 0 Å². The standard InChI is InChI=1S/C16H26N8O.HI/c1-4-17-16(18-9-13-7-8-19-23(13)2)20-12-5-6-15-21-14(11-25-3)22-24(15)10-12;/h7-8,12H,4-6,9-11H2,1-3H3,(H2,17,18,20);1H. The molecule has 3 rings (SSSR count). The van der Waals surface area contributed by atoms with E-state index in [4.69, 9.17) is 4.74 Å². The van der Waals surface area contributed by atoms with Crippen molar-refractivity contribution in [3.05, 3.63) is 29.6 Å². The van der Waals surface area contributed by atoms with Gasteiger partial charge < -0.3 is 15.4 Å². The van der Waals surface area contributed by atoms with Crippen LogP contribution < -0.4 is 10.6 Å². The number of guanidine groups is 1. The summed E-state index contributed by atoms with van der Waals surface area (Å²) in [6.45, 7) is 4.70. The van der Waals surface area contributed by atoms with Gasteiger partial charge in [-0.25, -0.2) is 14.7 Å². The third-order valence-corrected chi connectivity index (χ3v) is 4.18. The van der Waals surface area contributed by atoms with Crippen molar-refractivity contribution in [3.63, 3.8) is 0 Å². The molecule has 0 radical (unpaired) electrons. The number of hydrogen-bond donors (Lipinski definition) is 2. The minimum absolute atomic E-state index is 0. The summed E-state index contributed by atoms with van der Waals surface area (Å²) in [5, 5.41) is 15.5. The maximum Gasteiger partial charge on any atom is 0.191 e. The van der Waals surface area contributed by atoms with Crippen molar-refractivity contribution in [1.29, 1.82) is 0 Å². The van der Waals surface area contributed by atoms with Crippen LogP contribution in [-0.2, 0) is 37.9 Å². The van der Waals surface area contributed by atoms with Crippen molar-refractivity contribution in [2.45, 2.75) is 45.5 Å². The summed E-state index contributed by atoms with van der Waals surface area (Å²) in [7, 11) is 3.59. The highest BCUT2D eigenvalue weighted by Crippen LogP contribution is 2.13. The van der Waals surface area contributed by atoms with Crippen LogP contribution in [0.4, 0.5) is 0 Å². The zero-order valence-corrected chi connectivity index (χ0v) is 17.8. The fourth-order valence-corrected chi connectivity index (χ4v) is 2.90. The molecule has 0 amide bonds. The lowest BCUT2D eigenvalue weighted by atomic mass is 10.1. The van der Waals surface area contributed by atoms with Crippen molar-refractivity contribution in [2.24, 2.45) is 12.0 Å². The van der Waals surface area contributed by atoms with Crippen LogP contribution in [0.5, 0.6) is 0 Å². The molecular weight excluding hydrogens is 447 g/mol. The second kappa shape index (κ2) is 9.86. The number of aromatic nitrogens is 5. The van der Waals surface area contributed by atoms with Gasteiger partial charge in [0.1, 0.15) is 12.4 Å². The fourth-order valence-electron chi connectivity index (χ4n) is 2.90. The van der Waals surface area contributed by atoms with Gasteiger partial charge in [0.25, 0.3) is 0 Å². The lowest BCUT2D eigenvalue weighted by molar-refractivity contribution is 0.177. The Morgan fingerprint density at radius 1 is 1.46 bits per heavy atom. The zero-order valence-electron chi connectivity index (χ0n) is 15.5. The molecule has 1 unspecified atom stereocenters. The first-order valence-corrected chi connectivity index (χ1v) is 8.62. The van der Waals surface area contributed by atoms with Gasteiger partial charge in [-0.2, -0.15) is 10.2 Å². The maximum absolute atomic E-state index is 5.12. The second-order valence-electron chi connectivity index (χ2n) is 6.08. The van der Waals surface area contributed by atoms with Gasteiger partial charge in [-0.3, -0.25) is 4.68 Å². The SMILES string of the molecule is CCNC(=NCc1ccnn1C)NC1CCc2nc(COC)nn2C1.I. The first-order chi connectivity index (χ1) is 12.2. The van der Waals surface area contributed by atoms with Gasteiger partial charge in [0.05, 0.1) is 18.8 Å². The number of nitrogens with one attached hydrogen (secondary N) is 2. The molecule has 2 N–H and O–H groups in total. The van der Waals surface area contributed by atoms with Crippen LogP contribution in [0.25, 0.3) is 0 Å². The van der Waals surface area contributed by atoms with Gasteiger partial charge in [-0.05, 0) is 19.4 Å². The molecule has 1 aliphatic rings. The normalized spacial score (nSPS) is 16.7. The van der Waals surface area contributed by atoms with Gasteiger partial charge in [-0.1, -0.05) is 0 Å². The van der Waals surface area contributed by atoms with Crippen LogP contribution in [0.2, 0.25) is 0 Å². The Morgan fingerprint density at radius 3 is 3.00 bits per heavy atom. The number of fused-ring (bicyclic) bond motifs is 1. The molecule has 0 aliphatic carbocycles. The summed E-state index contributed by atoms with van der Waals surface area (Å²) < 4.78 is 8.93. The van der Waals surface area contributed by atoms with Crippen LogP contribution in [0.1, 0.15) is 30.7 Å². The van der Waals surface area contributed by atoms with E-state index in [1.807, 2.05) is 22.5 Å². The Labute approximate surface area is 170 Å². The third kappa shape index (κ3) is 5.16. The Balaban J connectivity index is 0.00000243. The van der Waals surface area contributed by atoms with Crippen molar-refractivity contribution >= 4 is 29.9 Å². The zero-order chi connectivity index (χ0) is 17.6. The van der Waals surface area contributed by atoms with E-state index in [0.717, 1.165) is 49.2 Å². The van der Waals surface area contributed by atoms with E-state index in [9.17, 15) is 0 Å². The average molecular weight is 474 g/mol. The van der Waals surface area contributed by atoms with Gasteiger partial charge in [0, 0.05) is 39.4 Å². The topological polar surface area (TPSA) is 94.2 Å². The van der Waals surface area contributed by atoms with Crippen LogP contribution in [0, 0.1) is 0 Å². The molecule has 3 heterocycles. The quantitative estimate of drug-likeness (QED) is 0.366. The number of hydrogen-bond acceptors (Lipinski definition) is 5. The number of methoxy groups -OCH3 is 1. The predicted octanol–water partition coefficient (Wildman–Crippen LogP) is 0.846. The summed E-state index contributed by atoms with van der Waals surface area (Å²) in [6, 6.07) is 2.25. The lowest BCUT2D eigenvalue weighted by Gasteiger charge is -2.25. The second-order valence-corrected chi connectivity index (χ2v) is 6.08. The average Bonchev–Trinajstić information content (AvgIpc) is 3.18. The minimum atomic E-state index is 0. The Morgan fingerprint density at radius 2 is 2.31 bits per heavy atom. The van der Waals surface area contributed by atoms with E-state index < -0.39 is 0 Å². The van der Waals surface area contributed by atoms with Gasteiger partial charge in [0.2, 0.25) is 0 Å². The molecule has 2 aromatic heterocycles. The summed E-state index contributed by atoms with van der Waals surface area (Å²) in [6.07, 6.45) is 3.69. The van der Waals surface area contributed by atoms with Gasteiger partial charge >= 0.3 is 0 Å². The molecule has 144 valence electrons. The Kier molecular flexibility index (Phi) is 7.82. The molecule has 0 aromatic carbocycles. The molecule has 26 heavy (non-hydrogen) atoms. The van der Waals surface area contributed by atoms with E-state index in [1.165, 1.54) is 0 Å². The van der Waals surface area contributed by atoms with Crippen molar-refractivity contribution in [1.82, 2.24) is 35.2 Å². The molecule has 9 nitrogen and oxygen atoms in total. The van der Waals surface area contributed by atoms with Crippen LogP contribution >= 0.6 is 24.0 Å². The number of aliphatic imine (C=N–C) groups is 1. The largest absolute Gasteiger partial charge is 0.377 e. The highest BCUT2D eigenvalue weighted by molar-refractivity contribution is 14.0. The molecule has 1 atom stereocenters. The number of rotatable bonds is 6. The summed E-state index contributed by atoms with van der Waals surface area (Å²) in [5.74, 6) is 2.59. The molecule has 0 fully saturated rings. The van der Waals surface area contributed by atoms with Crippen LogP contribution in [0.3, 0.4) is 0 Å². The molecule has 0 saturated carbocycles. The minimum Gasteiger partial charge on any atom is -0.377 e. The molecule has 0 spiro atoms. The Bertz CT molecular complexity index is 726. The summed E-state index contributed by atoms with van der Waals surface area (Å²) in [5.41, 5.74) is 1.07. The third-order valence-electron chi connectivity index (χ3n) is 4.18. The van der Waals surface area contributed by atoms with Crippen LogP contribution in [0.15, 0.2) is 17.3 Å². The van der Waals surface area contributed by atoms with E-state index in [-0.39, 0.29) is 30.0 Å². The van der Waals surface area contributed by atoms with E-state index in [2.05, 4.69) is 37.7 Å². The molecule has 10 heteroatoms. The molecule has 2 aromatic rings. The smallest absolute Gasteiger partial charge is 0.191 e. The first kappa shape index (κ1) is 20.6. The molecule has 0 bridgehead atoms. The highest BCUT2D eigenvalue weighted by atomic mass is 127. The lowest BCUT2D eigenvalue weighted by Crippen LogP contribution is -2.47. The van der Waals surface area contributed by atoms with E-state index >= 15 is 0 Å². The highest BCUT2D eigenvalue weighted by Gasteiger charge is 2.22. The maximum atomic E-state index is 5.12. The fraction of sp³-hybridized carbons (Fsp3) is 0.625. The monoisotopic (exact) mass is 474 g/mol. The Hall–Kier alpha value is -1.69. The molecule has 1 aliphatic heterocycles. The van der Waals surface area contributed by atoms with Crippen molar-refractivity contribution in [2.75, 3.05) is 13.7 Å². The number of halogens is 1. The van der Waals surface area contributed by atoms with Gasteiger partial charge in [0.15, 0.2) is 11.8 Å². The predicted molar refractivity (Wildman–Crippen MR) is 109 cm³/mol. The van der Waals surface area contributed by atoms with Crippen LogP contribution in [-0.4, -0.2) is 50.2 Å². The molecule has 0 saturated heterocycles. The first-order valence-electron chi connectivity index (χ1n) is 8.62. The number of ether oxygens (including phenoxy) is 1. The number of nitrogens with zero attached hydrogens (tertiary/aromatic N) is 6. The van der Waals surface area contributed by atoms with E-state index in [1.54, 1.807) is 13.3 Å². The van der Waals surface area contributed by atoms with E-state index in [0.29, 0.717) is 13.2 Å². The number of aryl methyl sites for hydroxylation is 2. The molecular formula is C16H27IN8O.